The van der Waals surface area contributed by atoms with E-state index in [1.807, 2.05) is 0 Å². The predicted molar refractivity (Wildman–Crippen MR) is 65.4 cm³/mol. The van der Waals surface area contributed by atoms with Gasteiger partial charge in [-0.3, -0.25) is 9.59 Å². The van der Waals surface area contributed by atoms with Gasteiger partial charge in [0.1, 0.15) is 6.54 Å². The maximum atomic E-state index is 11.5. The van der Waals surface area contributed by atoms with Crippen molar-refractivity contribution in [3.63, 3.8) is 0 Å². The molecule has 0 aliphatic carbocycles. The maximum absolute atomic E-state index is 11.5. The van der Waals surface area contributed by atoms with Crippen LogP contribution in [0.25, 0.3) is 0 Å². The Morgan fingerprint density at radius 2 is 2.29 bits per heavy atom. The Bertz CT molecular complexity index is 439. The maximum Gasteiger partial charge on any atom is 0.269 e. The average molecular weight is 238 g/mol. The molecule has 6 nitrogen and oxygen atoms in total. The molecule has 17 heavy (non-hydrogen) atoms. The summed E-state index contributed by atoms with van der Waals surface area (Å²) in [4.78, 5) is 22.9. The van der Waals surface area contributed by atoms with E-state index in [2.05, 4.69) is 24.3 Å². The van der Waals surface area contributed by atoms with Gasteiger partial charge < -0.3 is 11.1 Å². The molecule has 1 aromatic heterocycles. The lowest BCUT2D eigenvalue weighted by Crippen LogP contribution is -2.34. The van der Waals surface area contributed by atoms with Crippen molar-refractivity contribution < 1.29 is 4.79 Å². The van der Waals surface area contributed by atoms with Crippen molar-refractivity contribution in [2.75, 3.05) is 12.3 Å². The normalized spacial score (nSPS) is 10.5. The van der Waals surface area contributed by atoms with Crippen LogP contribution in [-0.4, -0.2) is 22.2 Å². The molecule has 1 rings (SSSR count). The Morgan fingerprint density at radius 1 is 1.59 bits per heavy atom. The van der Waals surface area contributed by atoms with E-state index in [4.69, 9.17) is 5.73 Å². The van der Waals surface area contributed by atoms with E-state index in [-0.39, 0.29) is 18.0 Å². The number of anilines is 1. The number of aromatic nitrogens is 2. The Kier molecular flexibility index (Phi) is 4.68. The lowest BCUT2D eigenvalue weighted by Gasteiger charge is -2.07. The highest BCUT2D eigenvalue weighted by atomic mass is 16.2. The summed E-state index contributed by atoms with van der Waals surface area (Å²) in [5.74, 6) is 0.317. The highest BCUT2D eigenvalue weighted by Gasteiger charge is 2.05. The van der Waals surface area contributed by atoms with Gasteiger partial charge in [0.2, 0.25) is 5.91 Å². The highest BCUT2D eigenvalue weighted by Crippen LogP contribution is 1.96. The second kappa shape index (κ2) is 6.03. The van der Waals surface area contributed by atoms with Gasteiger partial charge in [0.15, 0.2) is 0 Å². The molecule has 3 N–H and O–H groups in total. The van der Waals surface area contributed by atoms with Gasteiger partial charge in [-0.2, -0.15) is 5.10 Å². The van der Waals surface area contributed by atoms with Gasteiger partial charge in [-0.05, 0) is 12.3 Å². The number of nitrogens with two attached hydrogens (primary N) is 1. The fraction of sp³-hybridized carbons (Fsp3) is 0.545. The first-order valence-electron chi connectivity index (χ1n) is 5.58. The third kappa shape index (κ3) is 4.67. The zero-order valence-corrected chi connectivity index (χ0v) is 10.1. The average Bonchev–Trinajstić information content (AvgIpc) is 2.21. The van der Waals surface area contributed by atoms with Crippen LogP contribution < -0.4 is 16.6 Å². The monoisotopic (exact) mass is 238 g/mol. The van der Waals surface area contributed by atoms with Gasteiger partial charge in [0.05, 0.1) is 11.9 Å². The number of nitrogens with zero attached hydrogens (tertiary/aromatic N) is 2. The first-order chi connectivity index (χ1) is 7.99. The molecule has 0 saturated carbocycles. The molecule has 0 aromatic carbocycles. The number of hydrogen-bond donors (Lipinski definition) is 2. The van der Waals surface area contributed by atoms with E-state index in [0.717, 1.165) is 11.1 Å². The first-order valence-corrected chi connectivity index (χ1v) is 5.58. The van der Waals surface area contributed by atoms with E-state index in [1.165, 1.54) is 12.3 Å². The van der Waals surface area contributed by atoms with E-state index >= 15 is 0 Å². The van der Waals surface area contributed by atoms with Crippen LogP contribution in [-0.2, 0) is 11.3 Å². The molecule has 1 heterocycles. The molecule has 0 spiro atoms. The molecule has 0 saturated heterocycles. The Balaban J connectivity index is 2.48. The largest absolute Gasteiger partial charge is 0.397 e. The number of amides is 1. The quantitative estimate of drug-likeness (QED) is 0.754. The second-order valence-electron chi connectivity index (χ2n) is 4.32. The lowest BCUT2D eigenvalue weighted by molar-refractivity contribution is -0.121. The third-order valence-electron chi connectivity index (χ3n) is 2.23. The minimum Gasteiger partial charge on any atom is -0.397 e. The molecule has 0 aliphatic heterocycles. The van der Waals surface area contributed by atoms with Crippen molar-refractivity contribution in [2.24, 2.45) is 5.92 Å². The first kappa shape index (κ1) is 13.2. The van der Waals surface area contributed by atoms with E-state index in [9.17, 15) is 9.59 Å². The van der Waals surface area contributed by atoms with Crippen molar-refractivity contribution in [3.8, 4) is 0 Å². The van der Waals surface area contributed by atoms with Crippen molar-refractivity contribution >= 4 is 11.6 Å². The summed E-state index contributed by atoms with van der Waals surface area (Å²) >= 11 is 0. The van der Waals surface area contributed by atoms with Gasteiger partial charge in [-0.25, -0.2) is 4.68 Å². The summed E-state index contributed by atoms with van der Waals surface area (Å²) < 4.78 is 1.08. The Morgan fingerprint density at radius 3 is 2.88 bits per heavy atom. The molecule has 94 valence electrons. The van der Waals surface area contributed by atoms with Crippen molar-refractivity contribution in [1.29, 1.82) is 0 Å². The van der Waals surface area contributed by atoms with Gasteiger partial charge in [0, 0.05) is 12.6 Å². The zero-order chi connectivity index (χ0) is 12.8. The number of carbonyl (C=O) groups excluding carboxylic acids is 1. The van der Waals surface area contributed by atoms with Crippen LogP contribution >= 0.6 is 0 Å². The van der Waals surface area contributed by atoms with Crippen molar-refractivity contribution in [2.45, 2.75) is 26.8 Å². The molecule has 0 radical (unpaired) electrons. The molecule has 6 heteroatoms. The summed E-state index contributed by atoms with van der Waals surface area (Å²) in [6.07, 6.45) is 2.26. The number of nitrogen functional groups attached to an aromatic ring is 1. The molecule has 1 amide bonds. The van der Waals surface area contributed by atoms with Crippen LogP contribution in [0.3, 0.4) is 0 Å². The second-order valence-corrected chi connectivity index (χ2v) is 4.32. The van der Waals surface area contributed by atoms with Crippen LogP contribution in [0, 0.1) is 5.92 Å². The van der Waals surface area contributed by atoms with Crippen LogP contribution in [0.15, 0.2) is 17.1 Å². The Labute approximate surface area is 99.8 Å². The van der Waals surface area contributed by atoms with Crippen LogP contribution in [0.5, 0.6) is 0 Å². The van der Waals surface area contributed by atoms with Gasteiger partial charge >= 0.3 is 0 Å². The predicted octanol–water partition coefficient (Wildman–Crippen LogP) is -0.0122. The van der Waals surface area contributed by atoms with Crippen molar-refractivity contribution in [1.82, 2.24) is 15.1 Å². The fourth-order valence-electron chi connectivity index (χ4n) is 1.26. The molecule has 0 atom stereocenters. The number of hydrogen-bond acceptors (Lipinski definition) is 4. The fourth-order valence-corrected chi connectivity index (χ4v) is 1.26. The molecule has 1 aromatic rings. The summed E-state index contributed by atoms with van der Waals surface area (Å²) in [6, 6.07) is 1.24. The van der Waals surface area contributed by atoms with Gasteiger partial charge in [0.25, 0.3) is 5.56 Å². The van der Waals surface area contributed by atoms with E-state index < -0.39 is 0 Å². The molecular weight excluding hydrogens is 220 g/mol. The standard InChI is InChI=1S/C11H18N4O2/c1-8(2)3-4-13-10(16)7-15-11(17)5-9(12)6-14-15/h5-6,8H,3-4,7,12H2,1-2H3,(H,13,16). The van der Waals surface area contributed by atoms with E-state index in [0.29, 0.717) is 18.2 Å². The van der Waals surface area contributed by atoms with Crippen LogP contribution in [0.1, 0.15) is 20.3 Å². The van der Waals surface area contributed by atoms with Gasteiger partial charge in [-0.15, -0.1) is 0 Å². The molecule has 0 fully saturated rings. The topological polar surface area (TPSA) is 90.0 Å². The van der Waals surface area contributed by atoms with Crippen LogP contribution in [0.4, 0.5) is 5.69 Å². The molecule has 0 bridgehead atoms. The lowest BCUT2D eigenvalue weighted by atomic mass is 10.1. The van der Waals surface area contributed by atoms with Gasteiger partial charge in [-0.1, -0.05) is 13.8 Å². The minimum absolute atomic E-state index is 0.0722. The number of nitrogens with one attached hydrogen (secondary N) is 1. The number of carbonyl (C=O) groups is 1. The minimum atomic E-state index is -0.371. The molecule has 0 aliphatic rings. The van der Waals surface area contributed by atoms with E-state index in [1.54, 1.807) is 0 Å². The SMILES string of the molecule is CC(C)CCNC(=O)Cn1ncc(N)cc1=O. The smallest absolute Gasteiger partial charge is 0.269 e. The summed E-state index contributed by atoms with van der Waals surface area (Å²) in [7, 11) is 0. The Hall–Kier alpha value is -1.85. The van der Waals surface area contributed by atoms with Crippen LogP contribution in [0.2, 0.25) is 0 Å². The highest BCUT2D eigenvalue weighted by molar-refractivity contribution is 5.75. The summed E-state index contributed by atoms with van der Waals surface area (Å²) in [5, 5.41) is 6.51. The van der Waals surface area contributed by atoms with Crippen molar-refractivity contribution in [3.05, 3.63) is 22.6 Å². The summed E-state index contributed by atoms with van der Waals surface area (Å²) in [5.41, 5.74) is 5.32. The third-order valence-corrected chi connectivity index (χ3v) is 2.23. The molecular formula is C11H18N4O2. The zero-order valence-electron chi connectivity index (χ0n) is 10.1. The molecule has 0 unspecified atom stereocenters. The summed E-state index contributed by atoms with van der Waals surface area (Å²) in [6.45, 7) is 4.70. The number of rotatable bonds is 5.